The molecule has 1 unspecified atom stereocenters. The summed E-state index contributed by atoms with van der Waals surface area (Å²) in [7, 11) is 0. The summed E-state index contributed by atoms with van der Waals surface area (Å²) in [6.45, 7) is 2.52. The number of likely N-dealkylation sites (tertiary alicyclic amines) is 1. The van der Waals surface area contributed by atoms with Crippen LogP contribution in [0.2, 0.25) is 0 Å². The maximum Gasteiger partial charge on any atom is 0.326 e. The van der Waals surface area contributed by atoms with E-state index >= 15 is 0 Å². The standard InChI is InChI=1S/C14H24N2O4/c1-2-3-7-11(14(19)20)15-12(17)10-16-9-6-4-5-8-13(16)18/h11H,2-10H2,1H3,(H,15,17)(H,19,20). The number of unbranched alkanes of at least 4 members (excludes halogenated alkanes) is 1. The zero-order valence-corrected chi connectivity index (χ0v) is 12.1. The van der Waals surface area contributed by atoms with Gasteiger partial charge in [-0.25, -0.2) is 4.79 Å². The van der Waals surface area contributed by atoms with Crippen LogP contribution in [0.1, 0.15) is 51.9 Å². The highest BCUT2D eigenvalue weighted by atomic mass is 16.4. The molecule has 1 fully saturated rings. The summed E-state index contributed by atoms with van der Waals surface area (Å²) in [4.78, 5) is 36.2. The topological polar surface area (TPSA) is 86.7 Å². The van der Waals surface area contributed by atoms with Gasteiger partial charge in [0.05, 0.1) is 6.54 Å². The van der Waals surface area contributed by atoms with Crippen LogP contribution < -0.4 is 5.32 Å². The summed E-state index contributed by atoms with van der Waals surface area (Å²) in [5, 5.41) is 11.6. The van der Waals surface area contributed by atoms with E-state index < -0.39 is 12.0 Å². The highest BCUT2D eigenvalue weighted by Gasteiger charge is 2.23. The average Bonchev–Trinajstić information content (AvgIpc) is 2.59. The molecule has 114 valence electrons. The van der Waals surface area contributed by atoms with E-state index in [1.807, 2.05) is 6.92 Å². The summed E-state index contributed by atoms with van der Waals surface area (Å²) in [5.74, 6) is -1.42. The Balaban J connectivity index is 2.47. The van der Waals surface area contributed by atoms with Crippen molar-refractivity contribution in [2.45, 2.75) is 57.9 Å². The SMILES string of the molecule is CCCCC(NC(=O)CN1CCCCCC1=O)C(=O)O. The molecule has 2 amide bonds. The zero-order valence-electron chi connectivity index (χ0n) is 12.1. The van der Waals surface area contributed by atoms with Gasteiger partial charge in [0.1, 0.15) is 6.04 Å². The van der Waals surface area contributed by atoms with Crippen molar-refractivity contribution in [3.05, 3.63) is 0 Å². The summed E-state index contributed by atoms with van der Waals surface area (Å²) in [6.07, 6.45) is 5.29. The predicted octanol–water partition coefficient (Wildman–Crippen LogP) is 1.15. The minimum Gasteiger partial charge on any atom is -0.480 e. The van der Waals surface area contributed by atoms with Crippen LogP contribution in [-0.2, 0) is 14.4 Å². The van der Waals surface area contributed by atoms with Gasteiger partial charge in [0.25, 0.3) is 0 Å². The van der Waals surface area contributed by atoms with Gasteiger partial charge in [-0.2, -0.15) is 0 Å². The van der Waals surface area contributed by atoms with Gasteiger partial charge in [-0.1, -0.05) is 26.2 Å². The normalized spacial score (nSPS) is 17.4. The Morgan fingerprint density at radius 2 is 2.10 bits per heavy atom. The number of carbonyl (C=O) groups excluding carboxylic acids is 2. The Morgan fingerprint density at radius 1 is 1.35 bits per heavy atom. The van der Waals surface area contributed by atoms with Crippen molar-refractivity contribution >= 4 is 17.8 Å². The van der Waals surface area contributed by atoms with Crippen LogP contribution in [0.15, 0.2) is 0 Å². The molecule has 6 heteroatoms. The lowest BCUT2D eigenvalue weighted by atomic mass is 10.1. The largest absolute Gasteiger partial charge is 0.480 e. The van der Waals surface area contributed by atoms with Crippen molar-refractivity contribution in [3.8, 4) is 0 Å². The first-order valence-corrected chi connectivity index (χ1v) is 7.34. The Bertz CT molecular complexity index is 357. The van der Waals surface area contributed by atoms with E-state index in [0.717, 1.165) is 32.1 Å². The molecule has 1 rings (SSSR count). The highest BCUT2D eigenvalue weighted by molar-refractivity contribution is 5.88. The number of carboxylic acids is 1. The Hall–Kier alpha value is -1.59. The second-order valence-electron chi connectivity index (χ2n) is 5.23. The highest BCUT2D eigenvalue weighted by Crippen LogP contribution is 2.10. The Kier molecular flexibility index (Phi) is 7.04. The lowest BCUT2D eigenvalue weighted by Gasteiger charge is -2.21. The monoisotopic (exact) mass is 284 g/mol. The molecule has 6 nitrogen and oxygen atoms in total. The van der Waals surface area contributed by atoms with Crippen LogP contribution in [0.5, 0.6) is 0 Å². The van der Waals surface area contributed by atoms with E-state index in [1.165, 1.54) is 4.90 Å². The van der Waals surface area contributed by atoms with E-state index in [4.69, 9.17) is 5.11 Å². The molecule has 2 N–H and O–H groups in total. The number of hydrogen-bond acceptors (Lipinski definition) is 3. The van der Waals surface area contributed by atoms with Gasteiger partial charge in [0.15, 0.2) is 0 Å². The predicted molar refractivity (Wildman–Crippen MR) is 74.1 cm³/mol. The number of aliphatic carboxylic acids is 1. The average molecular weight is 284 g/mol. The number of rotatable bonds is 7. The molecule has 1 aliphatic heterocycles. The van der Waals surface area contributed by atoms with Crippen molar-refractivity contribution in [1.82, 2.24) is 10.2 Å². The molecular weight excluding hydrogens is 260 g/mol. The minimum atomic E-state index is -1.02. The summed E-state index contributed by atoms with van der Waals surface area (Å²) < 4.78 is 0. The molecule has 1 atom stereocenters. The van der Waals surface area contributed by atoms with E-state index in [-0.39, 0.29) is 18.4 Å². The number of amides is 2. The molecule has 0 saturated carbocycles. The van der Waals surface area contributed by atoms with Crippen molar-refractivity contribution in [2.24, 2.45) is 0 Å². The van der Waals surface area contributed by atoms with Crippen molar-refractivity contribution in [2.75, 3.05) is 13.1 Å². The van der Waals surface area contributed by atoms with Crippen LogP contribution in [-0.4, -0.2) is 46.9 Å². The molecule has 0 aromatic rings. The molecule has 1 aliphatic rings. The van der Waals surface area contributed by atoms with Gasteiger partial charge in [0, 0.05) is 13.0 Å². The lowest BCUT2D eigenvalue weighted by molar-refractivity contribution is -0.142. The number of carbonyl (C=O) groups is 3. The minimum absolute atomic E-state index is 0.0157. The van der Waals surface area contributed by atoms with Crippen LogP contribution in [0.4, 0.5) is 0 Å². The fraction of sp³-hybridized carbons (Fsp3) is 0.786. The second-order valence-corrected chi connectivity index (χ2v) is 5.23. The van der Waals surface area contributed by atoms with E-state index in [0.29, 0.717) is 19.4 Å². The fourth-order valence-corrected chi connectivity index (χ4v) is 2.28. The van der Waals surface area contributed by atoms with Crippen molar-refractivity contribution in [1.29, 1.82) is 0 Å². The third-order valence-electron chi connectivity index (χ3n) is 3.49. The van der Waals surface area contributed by atoms with E-state index in [1.54, 1.807) is 0 Å². The molecule has 0 aromatic carbocycles. The zero-order chi connectivity index (χ0) is 15.0. The van der Waals surface area contributed by atoms with Gasteiger partial charge in [-0.15, -0.1) is 0 Å². The summed E-state index contributed by atoms with van der Waals surface area (Å²) >= 11 is 0. The van der Waals surface area contributed by atoms with Crippen LogP contribution in [0, 0.1) is 0 Å². The number of hydrogen-bond donors (Lipinski definition) is 2. The van der Waals surface area contributed by atoms with Gasteiger partial charge >= 0.3 is 5.97 Å². The van der Waals surface area contributed by atoms with E-state index in [9.17, 15) is 14.4 Å². The first-order chi connectivity index (χ1) is 9.54. The van der Waals surface area contributed by atoms with Crippen LogP contribution >= 0.6 is 0 Å². The smallest absolute Gasteiger partial charge is 0.326 e. The molecule has 0 radical (unpaired) electrons. The molecule has 0 bridgehead atoms. The fourth-order valence-electron chi connectivity index (χ4n) is 2.28. The first-order valence-electron chi connectivity index (χ1n) is 7.34. The van der Waals surface area contributed by atoms with Crippen molar-refractivity contribution < 1.29 is 19.5 Å². The van der Waals surface area contributed by atoms with Crippen LogP contribution in [0.25, 0.3) is 0 Å². The third kappa shape index (κ3) is 5.59. The summed E-state index contributed by atoms with van der Waals surface area (Å²) in [6, 6.07) is -0.857. The number of carboxylic acid groups (broad SMARTS) is 1. The van der Waals surface area contributed by atoms with Gasteiger partial charge in [-0.05, 0) is 19.3 Å². The van der Waals surface area contributed by atoms with Gasteiger partial charge in [0.2, 0.25) is 11.8 Å². The number of nitrogens with zero attached hydrogens (tertiary/aromatic N) is 1. The van der Waals surface area contributed by atoms with Crippen LogP contribution in [0.3, 0.4) is 0 Å². The quantitative estimate of drug-likeness (QED) is 0.734. The molecule has 1 saturated heterocycles. The molecule has 0 spiro atoms. The molecule has 20 heavy (non-hydrogen) atoms. The van der Waals surface area contributed by atoms with Gasteiger partial charge < -0.3 is 15.3 Å². The lowest BCUT2D eigenvalue weighted by Crippen LogP contribution is -2.46. The first kappa shape index (κ1) is 16.5. The maximum absolute atomic E-state index is 11.9. The molecule has 1 heterocycles. The second kappa shape index (κ2) is 8.55. The Labute approximate surface area is 119 Å². The maximum atomic E-state index is 11.9. The molecule has 0 aromatic heterocycles. The Morgan fingerprint density at radius 3 is 2.75 bits per heavy atom. The number of nitrogens with one attached hydrogen (secondary N) is 1. The van der Waals surface area contributed by atoms with Crippen molar-refractivity contribution in [3.63, 3.8) is 0 Å². The third-order valence-corrected chi connectivity index (χ3v) is 3.49. The summed E-state index contributed by atoms with van der Waals surface area (Å²) in [5.41, 5.74) is 0. The van der Waals surface area contributed by atoms with Gasteiger partial charge in [-0.3, -0.25) is 9.59 Å². The molecular formula is C14H24N2O4. The van der Waals surface area contributed by atoms with E-state index in [2.05, 4.69) is 5.32 Å². The molecule has 0 aliphatic carbocycles.